The molecule has 0 saturated carbocycles. The molecule has 146 valence electrons. The van der Waals surface area contributed by atoms with Gasteiger partial charge < -0.3 is 9.30 Å². The van der Waals surface area contributed by atoms with E-state index in [2.05, 4.69) is 0 Å². The maximum absolute atomic E-state index is 14.7. The quantitative estimate of drug-likeness (QED) is 0.531. The van der Waals surface area contributed by atoms with E-state index in [4.69, 9.17) is 9.94 Å². The molecule has 10 heteroatoms. The van der Waals surface area contributed by atoms with Gasteiger partial charge >= 0.3 is 0 Å². The number of hydrogen-bond acceptors (Lipinski definition) is 6. The monoisotopic (exact) mass is 398 g/mol. The first-order valence-corrected chi connectivity index (χ1v) is 9.81. The number of nitrogens with one attached hydrogen (secondary N) is 1. The topological polar surface area (TPSA) is 115 Å². The number of hydroxylamine groups is 1. The lowest BCUT2D eigenvalue weighted by Gasteiger charge is -2.16. The SMILES string of the molecule is COc1c(-c2ccccc2)c(F)cn(CC[C@H](C(=O)NO)S(C)(=O)=O)c1=O. The van der Waals surface area contributed by atoms with Crippen molar-refractivity contribution in [1.82, 2.24) is 10.0 Å². The second-order valence-corrected chi connectivity index (χ2v) is 8.06. The van der Waals surface area contributed by atoms with Crippen LogP contribution in [0.2, 0.25) is 0 Å². The predicted octanol–water partition coefficient (Wildman–Crippen LogP) is 0.972. The van der Waals surface area contributed by atoms with Crippen molar-refractivity contribution in [3.8, 4) is 16.9 Å². The zero-order chi connectivity index (χ0) is 20.2. The second-order valence-electron chi connectivity index (χ2n) is 5.83. The van der Waals surface area contributed by atoms with Gasteiger partial charge in [-0.25, -0.2) is 18.3 Å². The highest BCUT2D eigenvalue weighted by Crippen LogP contribution is 2.29. The number of nitrogens with zero attached hydrogens (tertiary/aromatic N) is 1. The molecule has 8 nitrogen and oxygen atoms in total. The fraction of sp³-hybridized carbons (Fsp3) is 0.294. The largest absolute Gasteiger partial charge is 0.491 e. The van der Waals surface area contributed by atoms with E-state index >= 15 is 0 Å². The lowest BCUT2D eigenvalue weighted by atomic mass is 10.1. The standard InChI is InChI=1S/C17H19FN2O6S/c1-26-15-14(11-6-4-3-5-7-11)12(18)10-20(17(15)22)9-8-13(16(21)19-23)27(2,24)25/h3-7,10,13,23H,8-9H2,1-2H3,(H,19,21)/t13-/m1/s1. The Labute approximate surface area is 155 Å². The molecule has 27 heavy (non-hydrogen) atoms. The first-order chi connectivity index (χ1) is 12.7. The highest BCUT2D eigenvalue weighted by atomic mass is 32.2. The van der Waals surface area contributed by atoms with E-state index in [9.17, 15) is 22.4 Å². The molecule has 1 aromatic heterocycles. The van der Waals surface area contributed by atoms with Crippen molar-refractivity contribution in [2.45, 2.75) is 18.2 Å². The van der Waals surface area contributed by atoms with Gasteiger partial charge in [0.15, 0.2) is 21.4 Å². The number of carbonyl (C=O) groups is 1. The molecule has 0 radical (unpaired) electrons. The maximum Gasteiger partial charge on any atom is 0.293 e. The van der Waals surface area contributed by atoms with Crippen molar-refractivity contribution in [3.05, 3.63) is 52.7 Å². The van der Waals surface area contributed by atoms with Crippen LogP contribution in [0.5, 0.6) is 5.75 Å². The Kier molecular flexibility index (Phi) is 6.34. The Hall–Kier alpha value is -2.72. The van der Waals surface area contributed by atoms with Gasteiger partial charge in [-0.3, -0.25) is 14.8 Å². The van der Waals surface area contributed by atoms with E-state index in [1.165, 1.54) is 12.6 Å². The van der Waals surface area contributed by atoms with Crippen LogP contribution >= 0.6 is 0 Å². The van der Waals surface area contributed by atoms with E-state index in [0.29, 0.717) is 5.56 Å². The van der Waals surface area contributed by atoms with Gasteiger partial charge in [0.1, 0.15) is 5.25 Å². The number of carbonyl (C=O) groups excluding carboxylic acids is 1. The summed E-state index contributed by atoms with van der Waals surface area (Å²) >= 11 is 0. The maximum atomic E-state index is 14.7. The summed E-state index contributed by atoms with van der Waals surface area (Å²) in [5.74, 6) is -2.09. The minimum absolute atomic E-state index is 0.00730. The molecule has 0 unspecified atom stereocenters. The summed E-state index contributed by atoms with van der Waals surface area (Å²) in [6, 6.07) is 8.35. The van der Waals surface area contributed by atoms with Crippen molar-refractivity contribution in [2.75, 3.05) is 13.4 Å². The molecule has 0 aliphatic carbocycles. The average Bonchev–Trinajstić information content (AvgIpc) is 2.63. The molecule has 1 atom stereocenters. The molecule has 0 aliphatic rings. The Balaban J connectivity index is 2.44. The normalized spacial score (nSPS) is 12.4. The zero-order valence-electron chi connectivity index (χ0n) is 14.7. The van der Waals surface area contributed by atoms with Gasteiger partial charge in [0.2, 0.25) is 0 Å². The third-order valence-corrected chi connectivity index (χ3v) is 5.49. The van der Waals surface area contributed by atoms with E-state index < -0.39 is 32.4 Å². The number of benzene rings is 1. The van der Waals surface area contributed by atoms with Gasteiger partial charge in [0.05, 0.1) is 12.7 Å². The molecule has 0 saturated heterocycles. The van der Waals surface area contributed by atoms with Gasteiger partial charge in [-0.1, -0.05) is 30.3 Å². The molecule has 1 heterocycles. The number of methoxy groups -OCH3 is 1. The molecule has 2 aromatic rings. The number of rotatable bonds is 7. The van der Waals surface area contributed by atoms with Crippen LogP contribution in [0.1, 0.15) is 6.42 Å². The molecule has 2 rings (SSSR count). The molecule has 0 fully saturated rings. The highest BCUT2D eigenvalue weighted by Gasteiger charge is 2.29. The minimum Gasteiger partial charge on any atom is -0.491 e. The number of ether oxygens (including phenoxy) is 1. The third kappa shape index (κ3) is 4.52. The van der Waals surface area contributed by atoms with Gasteiger partial charge in [0, 0.05) is 19.0 Å². The van der Waals surface area contributed by atoms with Crippen LogP contribution in [-0.4, -0.2) is 42.7 Å². The van der Waals surface area contributed by atoms with Crippen LogP contribution < -0.4 is 15.8 Å². The molecule has 1 aromatic carbocycles. The fourth-order valence-corrected chi connectivity index (χ4v) is 3.68. The smallest absolute Gasteiger partial charge is 0.293 e. The lowest BCUT2D eigenvalue weighted by molar-refractivity contribution is -0.128. The number of aromatic nitrogens is 1. The molecule has 0 bridgehead atoms. The van der Waals surface area contributed by atoms with Gasteiger partial charge in [-0.15, -0.1) is 0 Å². The number of amides is 1. The molecule has 1 amide bonds. The fourth-order valence-electron chi connectivity index (χ4n) is 2.70. The van der Waals surface area contributed by atoms with Gasteiger partial charge in [-0.05, 0) is 12.0 Å². The van der Waals surface area contributed by atoms with Crippen LogP contribution in [0, 0.1) is 5.82 Å². The summed E-state index contributed by atoms with van der Waals surface area (Å²) in [4.78, 5) is 24.2. The number of aryl methyl sites for hydroxylation is 1. The summed E-state index contributed by atoms with van der Waals surface area (Å²) in [5, 5.41) is 7.11. The summed E-state index contributed by atoms with van der Waals surface area (Å²) in [6.45, 7) is -0.271. The van der Waals surface area contributed by atoms with Gasteiger partial charge in [0.25, 0.3) is 11.5 Å². The van der Waals surface area contributed by atoms with Crippen LogP contribution in [0.25, 0.3) is 11.1 Å². The highest BCUT2D eigenvalue weighted by molar-refractivity contribution is 7.92. The number of hydrogen-bond donors (Lipinski definition) is 2. The van der Waals surface area contributed by atoms with Gasteiger partial charge in [-0.2, -0.15) is 0 Å². The zero-order valence-corrected chi connectivity index (χ0v) is 15.5. The number of pyridine rings is 1. The van der Waals surface area contributed by atoms with Crippen LogP contribution in [0.15, 0.2) is 41.3 Å². The number of sulfone groups is 1. The summed E-state index contributed by atoms with van der Waals surface area (Å²) in [7, 11) is -2.62. The average molecular weight is 398 g/mol. The van der Waals surface area contributed by atoms with Crippen molar-refractivity contribution < 1.29 is 27.5 Å². The van der Waals surface area contributed by atoms with E-state index in [1.807, 2.05) is 0 Å². The van der Waals surface area contributed by atoms with E-state index in [0.717, 1.165) is 17.0 Å². The Morgan fingerprint density at radius 3 is 2.48 bits per heavy atom. The van der Waals surface area contributed by atoms with Crippen molar-refractivity contribution in [3.63, 3.8) is 0 Å². The second kappa shape index (κ2) is 8.31. The Morgan fingerprint density at radius 2 is 1.96 bits per heavy atom. The van der Waals surface area contributed by atoms with Crippen molar-refractivity contribution >= 4 is 15.7 Å². The first-order valence-electron chi connectivity index (χ1n) is 7.85. The molecular weight excluding hydrogens is 379 g/mol. The van der Waals surface area contributed by atoms with Crippen LogP contribution in [-0.2, 0) is 21.2 Å². The Morgan fingerprint density at radius 1 is 1.33 bits per heavy atom. The lowest BCUT2D eigenvalue weighted by Crippen LogP contribution is -2.39. The molecular formula is C17H19FN2O6S. The van der Waals surface area contributed by atoms with Crippen LogP contribution in [0.3, 0.4) is 0 Å². The summed E-state index contributed by atoms with van der Waals surface area (Å²) in [5.41, 5.74) is 1.05. The van der Waals surface area contributed by atoms with Crippen molar-refractivity contribution in [1.29, 1.82) is 0 Å². The molecule has 2 N–H and O–H groups in total. The first kappa shape index (κ1) is 20.6. The van der Waals surface area contributed by atoms with Crippen molar-refractivity contribution in [2.24, 2.45) is 0 Å². The van der Waals surface area contributed by atoms with Crippen LogP contribution in [0.4, 0.5) is 4.39 Å². The van der Waals surface area contributed by atoms with E-state index in [1.54, 1.807) is 30.3 Å². The molecule has 0 spiro atoms. The Bertz CT molecular complexity index is 988. The molecule has 0 aliphatic heterocycles. The van der Waals surface area contributed by atoms with E-state index in [-0.39, 0.29) is 24.3 Å². The summed E-state index contributed by atoms with van der Waals surface area (Å²) < 4.78 is 44.1. The third-order valence-electron chi connectivity index (χ3n) is 4.01. The predicted molar refractivity (Wildman–Crippen MR) is 95.8 cm³/mol. The minimum atomic E-state index is -3.85. The summed E-state index contributed by atoms with van der Waals surface area (Å²) in [6.07, 6.45) is 1.43. The number of halogens is 1.